The van der Waals surface area contributed by atoms with Gasteiger partial charge >= 0.3 is 5.97 Å². The summed E-state index contributed by atoms with van der Waals surface area (Å²) >= 11 is 0. The van der Waals surface area contributed by atoms with E-state index in [1.54, 1.807) is 0 Å². The number of rotatable bonds is 1. The van der Waals surface area contributed by atoms with Crippen molar-refractivity contribution in [2.75, 3.05) is 6.54 Å². The molecule has 1 saturated heterocycles. The highest BCUT2D eigenvalue weighted by Crippen LogP contribution is 2.31. The molecule has 1 heterocycles. The van der Waals surface area contributed by atoms with E-state index in [9.17, 15) is 4.79 Å². The molecule has 0 bridgehead atoms. The molecule has 2 aliphatic rings. The van der Waals surface area contributed by atoms with Crippen LogP contribution in [0, 0.1) is 5.92 Å². The summed E-state index contributed by atoms with van der Waals surface area (Å²) in [6, 6.07) is 0.599. The maximum Gasteiger partial charge on any atom is 0.302 e. The molecule has 2 fully saturated rings. The van der Waals surface area contributed by atoms with E-state index >= 15 is 0 Å². The van der Waals surface area contributed by atoms with Gasteiger partial charge in [-0.3, -0.25) is 4.79 Å². The lowest BCUT2D eigenvalue weighted by Crippen LogP contribution is -2.47. The standard InChI is InChI=1S/C11H19NO2.ClH/c1-8(13)14-10-5-4-9-3-2-6-12-11(9)7-10;/h9-12H,2-7H2,1H3;1H. The first-order valence-corrected chi connectivity index (χ1v) is 5.66. The second-order valence-corrected chi connectivity index (χ2v) is 4.51. The van der Waals surface area contributed by atoms with Crippen LogP contribution in [0.25, 0.3) is 0 Å². The summed E-state index contributed by atoms with van der Waals surface area (Å²) in [5.74, 6) is 0.694. The molecule has 0 aromatic heterocycles. The summed E-state index contributed by atoms with van der Waals surface area (Å²) in [7, 11) is 0. The minimum Gasteiger partial charge on any atom is -0.463 e. The number of halogens is 1. The van der Waals surface area contributed by atoms with E-state index < -0.39 is 0 Å². The Balaban J connectivity index is 0.00000112. The Morgan fingerprint density at radius 3 is 2.87 bits per heavy atom. The zero-order valence-electron chi connectivity index (χ0n) is 9.20. The van der Waals surface area contributed by atoms with Crippen LogP contribution in [0.15, 0.2) is 0 Å². The molecular formula is C11H20ClNO2. The number of ether oxygens (including phenoxy) is 1. The van der Waals surface area contributed by atoms with Gasteiger partial charge in [-0.25, -0.2) is 0 Å². The molecular weight excluding hydrogens is 214 g/mol. The smallest absolute Gasteiger partial charge is 0.302 e. The fourth-order valence-corrected chi connectivity index (χ4v) is 2.78. The number of piperidine rings is 1. The molecule has 2 rings (SSSR count). The van der Waals surface area contributed by atoms with Crippen LogP contribution in [0.5, 0.6) is 0 Å². The highest BCUT2D eigenvalue weighted by Gasteiger charge is 2.33. The number of esters is 1. The molecule has 15 heavy (non-hydrogen) atoms. The third-order valence-corrected chi connectivity index (χ3v) is 3.44. The molecule has 0 amide bonds. The van der Waals surface area contributed by atoms with Crippen molar-refractivity contribution in [3.63, 3.8) is 0 Å². The molecule has 88 valence electrons. The quantitative estimate of drug-likeness (QED) is 0.703. The predicted molar refractivity (Wildman–Crippen MR) is 61.2 cm³/mol. The summed E-state index contributed by atoms with van der Waals surface area (Å²) in [6.45, 7) is 2.63. The van der Waals surface area contributed by atoms with Gasteiger partial charge in [-0.05, 0) is 44.6 Å². The molecule has 1 aliphatic heterocycles. The molecule has 3 unspecified atom stereocenters. The van der Waals surface area contributed by atoms with E-state index in [0.717, 1.165) is 25.3 Å². The molecule has 0 aromatic rings. The number of nitrogens with one attached hydrogen (secondary N) is 1. The largest absolute Gasteiger partial charge is 0.463 e. The molecule has 1 aliphatic carbocycles. The third-order valence-electron chi connectivity index (χ3n) is 3.44. The lowest BCUT2D eigenvalue weighted by Gasteiger charge is -2.39. The number of hydrogen-bond acceptors (Lipinski definition) is 3. The highest BCUT2D eigenvalue weighted by molar-refractivity contribution is 5.85. The average Bonchev–Trinajstić information content (AvgIpc) is 2.17. The Morgan fingerprint density at radius 1 is 1.33 bits per heavy atom. The summed E-state index contributed by atoms with van der Waals surface area (Å²) in [6.07, 6.45) is 6.12. The van der Waals surface area contributed by atoms with Crippen LogP contribution >= 0.6 is 12.4 Å². The maximum atomic E-state index is 10.8. The second-order valence-electron chi connectivity index (χ2n) is 4.51. The van der Waals surface area contributed by atoms with Crippen molar-refractivity contribution in [1.82, 2.24) is 5.32 Å². The van der Waals surface area contributed by atoms with Crippen molar-refractivity contribution in [2.45, 2.75) is 51.2 Å². The number of carbonyl (C=O) groups is 1. The zero-order chi connectivity index (χ0) is 9.97. The molecule has 4 heteroatoms. The summed E-state index contributed by atoms with van der Waals surface area (Å²) < 4.78 is 5.26. The lowest BCUT2D eigenvalue weighted by molar-refractivity contribution is -0.148. The van der Waals surface area contributed by atoms with Gasteiger partial charge in [-0.1, -0.05) is 0 Å². The Hall–Kier alpha value is -0.280. The number of hydrogen-bond donors (Lipinski definition) is 1. The predicted octanol–water partition coefficient (Wildman–Crippen LogP) is 1.89. The van der Waals surface area contributed by atoms with Gasteiger partial charge in [-0.15, -0.1) is 12.4 Å². The summed E-state index contributed by atoms with van der Waals surface area (Å²) in [5, 5.41) is 3.53. The van der Waals surface area contributed by atoms with Crippen LogP contribution in [-0.2, 0) is 9.53 Å². The van der Waals surface area contributed by atoms with Crippen LogP contribution < -0.4 is 5.32 Å². The van der Waals surface area contributed by atoms with Crippen LogP contribution in [0.2, 0.25) is 0 Å². The van der Waals surface area contributed by atoms with Crippen LogP contribution in [-0.4, -0.2) is 24.7 Å². The SMILES string of the molecule is CC(=O)OC1CCC2CCCNC2C1.Cl. The van der Waals surface area contributed by atoms with E-state index in [1.165, 1.54) is 26.2 Å². The summed E-state index contributed by atoms with van der Waals surface area (Å²) in [4.78, 5) is 10.8. The van der Waals surface area contributed by atoms with Gasteiger partial charge in [0.15, 0.2) is 0 Å². The molecule has 3 atom stereocenters. The van der Waals surface area contributed by atoms with E-state index in [1.807, 2.05) is 0 Å². The lowest BCUT2D eigenvalue weighted by atomic mass is 9.78. The monoisotopic (exact) mass is 233 g/mol. The van der Waals surface area contributed by atoms with Gasteiger partial charge in [0.1, 0.15) is 6.10 Å². The van der Waals surface area contributed by atoms with Crippen molar-refractivity contribution in [1.29, 1.82) is 0 Å². The molecule has 0 aromatic carbocycles. The maximum absolute atomic E-state index is 10.8. The fourth-order valence-electron chi connectivity index (χ4n) is 2.78. The number of fused-ring (bicyclic) bond motifs is 1. The van der Waals surface area contributed by atoms with Crippen molar-refractivity contribution < 1.29 is 9.53 Å². The first kappa shape index (κ1) is 12.8. The molecule has 3 nitrogen and oxygen atoms in total. The first-order valence-electron chi connectivity index (χ1n) is 5.66. The molecule has 1 N–H and O–H groups in total. The van der Waals surface area contributed by atoms with Gasteiger partial charge < -0.3 is 10.1 Å². The van der Waals surface area contributed by atoms with Crippen LogP contribution in [0.4, 0.5) is 0 Å². The van der Waals surface area contributed by atoms with Crippen LogP contribution in [0.1, 0.15) is 39.0 Å². The second kappa shape index (κ2) is 5.71. The van der Waals surface area contributed by atoms with Gasteiger partial charge in [0.05, 0.1) is 0 Å². The first-order chi connectivity index (χ1) is 6.75. The van der Waals surface area contributed by atoms with Gasteiger partial charge in [0, 0.05) is 13.0 Å². The van der Waals surface area contributed by atoms with Crippen molar-refractivity contribution in [3.8, 4) is 0 Å². The van der Waals surface area contributed by atoms with Gasteiger partial charge in [0.2, 0.25) is 0 Å². The number of carbonyl (C=O) groups excluding carboxylic acids is 1. The Bertz CT molecular complexity index is 223. The van der Waals surface area contributed by atoms with Crippen molar-refractivity contribution in [3.05, 3.63) is 0 Å². The molecule has 0 spiro atoms. The highest BCUT2D eigenvalue weighted by atomic mass is 35.5. The van der Waals surface area contributed by atoms with Crippen molar-refractivity contribution >= 4 is 18.4 Å². The minimum absolute atomic E-state index is 0. The van der Waals surface area contributed by atoms with E-state index in [-0.39, 0.29) is 24.5 Å². The third kappa shape index (κ3) is 3.35. The van der Waals surface area contributed by atoms with E-state index in [4.69, 9.17) is 4.74 Å². The minimum atomic E-state index is -0.135. The Morgan fingerprint density at radius 2 is 2.13 bits per heavy atom. The van der Waals surface area contributed by atoms with Gasteiger partial charge in [0.25, 0.3) is 0 Å². The average molecular weight is 234 g/mol. The van der Waals surface area contributed by atoms with E-state index in [2.05, 4.69) is 5.32 Å². The van der Waals surface area contributed by atoms with E-state index in [0.29, 0.717) is 6.04 Å². The zero-order valence-corrected chi connectivity index (χ0v) is 10.0. The van der Waals surface area contributed by atoms with Gasteiger partial charge in [-0.2, -0.15) is 0 Å². The topological polar surface area (TPSA) is 38.3 Å². The Kier molecular flexibility index (Phi) is 4.87. The summed E-state index contributed by atoms with van der Waals surface area (Å²) in [5.41, 5.74) is 0. The Labute approximate surface area is 97.4 Å². The normalized spacial score (nSPS) is 34.9. The van der Waals surface area contributed by atoms with Crippen molar-refractivity contribution in [2.24, 2.45) is 5.92 Å². The molecule has 1 saturated carbocycles. The van der Waals surface area contributed by atoms with Crippen LogP contribution in [0.3, 0.4) is 0 Å². The fraction of sp³-hybridized carbons (Fsp3) is 0.909. The molecule has 0 radical (unpaired) electrons.